The normalized spacial score (nSPS) is 19.2. The number of aliphatic hydroxyl groups is 1. The summed E-state index contributed by atoms with van der Waals surface area (Å²) in [5.74, 6) is 1.02. The van der Waals surface area contributed by atoms with Crippen molar-refractivity contribution in [3.8, 4) is 6.07 Å². The van der Waals surface area contributed by atoms with Gasteiger partial charge in [-0.2, -0.15) is 5.26 Å². The molecule has 1 fully saturated rings. The van der Waals surface area contributed by atoms with E-state index in [1.807, 2.05) is 0 Å². The van der Waals surface area contributed by atoms with Gasteiger partial charge in [0.15, 0.2) is 5.82 Å². The minimum Gasteiger partial charge on any atom is -0.393 e. The molecule has 0 atom stereocenters. The molecule has 142 valence electrons. The number of nitrogens with one attached hydrogen (secondary N) is 2. The summed E-state index contributed by atoms with van der Waals surface area (Å²) in [6.45, 7) is 0. The Labute approximate surface area is 166 Å². The average Bonchev–Trinajstić information content (AvgIpc) is 2.71. The average molecular weight is 396 g/mol. The van der Waals surface area contributed by atoms with E-state index < -0.39 is 0 Å². The molecule has 1 aliphatic carbocycles. The molecule has 0 saturated heterocycles. The number of aromatic nitrogens is 4. The molecule has 4 rings (SSSR count). The van der Waals surface area contributed by atoms with E-state index in [0.29, 0.717) is 39.1 Å². The third kappa shape index (κ3) is 3.96. The SMILES string of the molecule is N#Cc1cc(Nc2ncnc3cnc(NC4CCC(O)CC4)nc23)ccc1Cl. The van der Waals surface area contributed by atoms with Crippen LogP contribution in [0.3, 0.4) is 0 Å². The first-order valence-corrected chi connectivity index (χ1v) is 9.39. The molecular weight excluding hydrogens is 378 g/mol. The maximum atomic E-state index is 9.65. The number of benzene rings is 1. The van der Waals surface area contributed by atoms with E-state index in [4.69, 9.17) is 16.9 Å². The second kappa shape index (κ2) is 7.92. The van der Waals surface area contributed by atoms with Gasteiger partial charge >= 0.3 is 0 Å². The second-order valence-corrected chi connectivity index (χ2v) is 7.14. The first-order valence-electron chi connectivity index (χ1n) is 9.01. The van der Waals surface area contributed by atoms with Crippen molar-refractivity contribution in [2.45, 2.75) is 37.8 Å². The van der Waals surface area contributed by atoms with Gasteiger partial charge in [-0.1, -0.05) is 11.6 Å². The maximum Gasteiger partial charge on any atom is 0.223 e. The van der Waals surface area contributed by atoms with Gasteiger partial charge in [0.2, 0.25) is 5.95 Å². The van der Waals surface area contributed by atoms with Gasteiger partial charge in [-0.05, 0) is 43.9 Å². The van der Waals surface area contributed by atoms with Crippen molar-refractivity contribution in [3.63, 3.8) is 0 Å². The summed E-state index contributed by atoms with van der Waals surface area (Å²) >= 11 is 6.00. The summed E-state index contributed by atoms with van der Waals surface area (Å²) in [4.78, 5) is 17.4. The Morgan fingerprint density at radius 3 is 2.75 bits per heavy atom. The van der Waals surface area contributed by atoms with Gasteiger partial charge in [-0.25, -0.2) is 19.9 Å². The predicted octanol–water partition coefficient (Wildman–Crippen LogP) is 3.40. The van der Waals surface area contributed by atoms with Crippen LogP contribution in [0.1, 0.15) is 31.2 Å². The summed E-state index contributed by atoms with van der Waals surface area (Å²) in [6, 6.07) is 7.37. The van der Waals surface area contributed by atoms with Crippen molar-refractivity contribution in [3.05, 3.63) is 41.3 Å². The molecule has 0 bridgehead atoms. The summed E-state index contributed by atoms with van der Waals surface area (Å²) in [5.41, 5.74) is 2.23. The molecule has 3 aromatic rings. The maximum absolute atomic E-state index is 9.65. The molecule has 1 aromatic carbocycles. The number of halogens is 1. The Balaban J connectivity index is 1.61. The largest absolute Gasteiger partial charge is 0.393 e. The molecule has 1 saturated carbocycles. The molecule has 0 radical (unpaired) electrons. The lowest BCUT2D eigenvalue weighted by molar-refractivity contribution is 0.126. The minimum atomic E-state index is -0.211. The molecule has 0 amide bonds. The molecule has 8 nitrogen and oxygen atoms in total. The van der Waals surface area contributed by atoms with Crippen molar-refractivity contribution in [2.24, 2.45) is 0 Å². The Hall–Kier alpha value is -3.02. The van der Waals surface area contributed by atoms with Crippen molar-refractivity contribution >= 4 is 40.1 Å². The van der Waals surface area contributed by atoms with E-state index in [9.17, 15) is 5.11 Å². The quantitative estimate of drug-likeness (QED) is 0.614. The van der Waals surface area contributed by atoms with Gasteiger partial charge in [0.1, 0.15) is 23.4 Å². The topological polar surface area (TPSA) is 120 Å². The van der Waals surface area contributed by atoms with Crippen molar-refractivity contribution in [1.29, 1.82) is 5.26 Å². The van der Waals surface area contributed by atoms with Crippen LogP contribution in [0.2, 0.25) is 5.02 Å². The molecule has 0 aliphatic heterocycles. The van der Waals surface area contributed by atoms with Crippen LogP contribution in [0.5, 0.6) is 0 Å². The fourth-order valence-electron chi connectivity index (χ4n) is 3.24. The van der Waals surface area contributed by atoms with Crippen LogP contribution < -0.4 is 10.6 Å². The van der Waals surface area contributed by atoms with Gasteiger partial charge in [0.25, 0.3) is 0 Å². The highest BCUT2D eigenvalue weighted by Gasteiger charge is 2.20. The van der Waals surface area contributed by atoms with Crippen LogP contribution in [-0.2, 0) is 0 Å². The number of rotatable bonds is 4. The first kappa shape index (κ1) is 18.3. The molecule has 3 N–H and O–H groups in total. The zero-order valence-corrected chi connectivity index (χ0v) is 15.7. The minimum absolute atomic E-state index is 0.211. The fourth-order valence-corrected chi connectivity index (χ4v) is 3.40. The third-order valence-electron chi connectivity index (χ3n) is 4.76. The first-order chi connectivity index (χ1) is 13.6. The van der Waals surface area contributed by atoms with Crippen molar-refractivity contribution in [1.82, 2.24) is 19.9 Å². The monoisotopic (exact) mass is 395 g/mol. The van der Waals surface area contributed by atoms with Gasteiger partial charge in [-0.15, -0.1) is 0 Å². The molecule has 0 spiro atoms. The van der Waals surface area contributed by atoms with E-state index >= 15 is 0 Å². The predicted molar refractivity (Wildman–Crippen MR) is 106 cm³/mol. The number of fused-ring (bicyclic) bond motifs is 1. The molecule has 2 heterocycles. The van der Waals surface area contributed by atoms with Crippen LogP contribution >= 0.6 is 11.6 Å². The van der Waals surface area contributed by atoms with Crippen LogP contribution in [0.15, 0.2) is 30.7 Å². The number of hydrogen-bond acceptors (Lipinski definition) is 8. The van der Waals surface area contributed by atoms with Crippen molar-refractivity contribution < 1.29 is 5.11 Å². The fraction of sp³-hybridized carbons (Fsp3) is 0.316. The number of nitriles is 1. The lowest BCUT2D eigenvalue weighted by Gasteiger charge is -2.26. The number of hydrogen-bond donors (Lipinski definition) is 3. The van der Waals surface area contributed by atoms with E-state index in [1.165, 1.54) is 6.33 Å². The molecule has 2 aromatic heterocycles. The molecule has 9 heteroatoms. The number of nitrogens with zero attached hydrogens (tertiary/aromatic N) is 5. The molecular formula is C19H18ClN7O. The summed E-state index contributed by atoms with van der Waals surface area (Å²) in [7, 11) is 0. The van der Waals surface area contributed by atoms with E-state index in [1.54, 1.807) is 24.4 Å². The summed E-state index contributed by atoms with van der Waals surface area (Å²) in [6.07, 6.45) is 6.18. The second-order valence-electron chi connectivity index (χ2n) is 6.73. The van der Waals surface area contributed by atoms with Crippen LogP contribution in [0.4, 0.5) is 17.5 Å². The van der Waals surface area contributed by atoms with E-state index in [-0.39, 0.29) is 12.1 Å². The number of anilines is 3. The Bertz CT molecular complexity index is 1040. The molecule has 1 aliphatic rings. The standard InChI is InChI=1S/C19H18ClN7O/c20-15-6-3-13(7-11(15)8-21)25-18-17-16(23-10-24-18)9-22-19(27-17)26-12-1-4-14(28)5-2-12/h3,6-7,9-10,12,14,28H,1-2,4-5H2,(H,22,26,27)(H,23,24,25). The van der Waals surface area contributed by atoms with E-state index in [2.05, 4.69) is 36.6 Å². The van der Waals surface area contributed by atoms with Crippen molar-refractivity contribution in [2.75, 3.05) is 10.6 Å². The lowest BCUT2D eigenvalue weighted by atomic mass is 9.93. The molecule has 28 heavy (non-hydrogen) atoms. The van der Waals surface area contributed by atoms with Crippen LogP contribution in [-0.4, -0.2) is 37.2 Å². The Kier molecular flexibility index (Phi) is 5.19. The van der Waals surface area contributed by atoms with Gasteiger partial charge in [0, 0.05) is 11.7 Å². The smallest absolute Gasteiger partial charge is 0.223 e. The number of aliphatic hydroxyl groups excluding tert-OH is 1. The summed E-state index contributed by atoms with van der Waals surface area (Å²) < 4.78 is 0. The zero-order valence-electron chi connectivity index (χ0n) is 14.9. The Morgan fingerprint density at radius 1 is 1.14 bits per heavy atom. The van der Waals surface area contributed by atoms with Crippen LogP contribution in [0, 0.1) is 11.3 Å². The highest BCUT2D eigenvalue weighted by Crippen LogP contribution is 2.26. The highest BCUT2D eigenvalue weighted by molar-refractivity contribution is 6.31. The lowest BCUT2D eigenvalue weighted by Crippen LogP contribution is -2.28. The Morgan fingerprint density at radius 2 is 1.96 bits per heavy atom. The van der Waals surface area contributed by atoms with Crippen LogP contribution in [0.25, 0.3) is 11.0 Å². The highest BCUT2D eigenvalue weighted by atomic mass is 35.5. The van der Waals surface area contributed by atoms with E-state index in [0.717, 1.165) is 25.7 Å². The third-order valence-corrected chi connectivity index (χ3v) is 5.09. The summed E-state index contributed by atoms with van der Waals surface area (Å²) in [5, 5.41) is 25.7. The van der Waals surface area contributed by atoms with Gasteiger partial charge in [-0.3, -0.25) is 0 Å². The van der Waals surface area contributed by atoms with Gasteiger partial charge in [0.05, 0.1) is 22.9 Å². The van der Waals surface area contributed by atoms with Gasteiger partial charge < -0.3 is 15.7 Å². The zero-order chi connectivity index (χ0) is 19.5. The molecule has 0 unspecified atom stereocenters.